The van der Waals surface area contributed by atoms with Crippen LogP contribution in [0, 0.1) is 0 Å². The highest BCUT2D eigenvalue weighted by Crippen LogP contribution is 2.07. The van der Waals surface area contributed by atoms with Gasteiger partial charge >= 0.3 is 5.97 Å². The Kier molecular flexibility index (Phi) is 17.4. The second-order valence-corrected chi connectivity index (χ2v) is 9.13. The molecule has 0 saturated heterocycles. The molecule has 0 aliphatic carbocycles. The fraction of sp³-hybridized carbons (Fsp3) is 0.810. The maximum absolute atomic E-state index is 12.9. The molecule has 0 aromatic rings. The summed E-state index contributed by atoms with van der Waals surface area (Å²) in [4.78, 5) is 49.6. The summed E-state index contributed by atoms with van der Waals surface area (Å²) in [6.45, 7) is 2.19. The molecule has 3 amide bonds. The lowest BCUT2D eigenvalue weighted by Crippen LogP contribution is -2.59. The summed E-state index contributed by atoms with van der Waals surface area (Å²) in [5.74, 6) is -2.69. The van der Waals surface area contributed by atoms with Crippen LogP contribution >= 0.6 is 11.8 Å². The maximum atomic E-state index is 12.9. The van der Waals surface area contributed by atoms with Crippen molar-refractivity contribution in [2.45, 2.75) is 82.1 Å². The molecule has 0 aliphatic heterocycles. The quantitative estimate of drug-likeness (QED) is 0.0921. The molecule has 0 fully saturated rings. The van der Waals surface area contributed by atoms with E-state index in [9.17, 15) is 29.4 Å². The number of hydrogen-bond donors (Lipinski definition) is 8. The Morgan fingerprint density at radius 1 is 0.824 bits per heavy atom. The topological polar surface area (TPSA) is 223 Å². The number of aliphatic carboxylic acids is 1. The van der Waals surface area contributed by atoms with Crippen LogP contribution in [0.15, 0.2) is 0 Å². The number of aliphatic hydroxyl groups is 1. The Bertz CT molecular complexity index is 639. The number of carboxylic acid groups (broad SMARTS) is 1. The van der Waals surface area contributed by atoms with Gasteiger partial charge in [0.2, 0.25) is 17.7 Å². The van der Waals surface area contributed by atoms with Gasteiger partial charge in [-0.1, -0.05) is 6.42 Å². The zero-order valence-electron chi connectivity index (χ0n) is 20.1. The van der Waals surface area contributed by atoms with Crippen LogP contribution in [-0.2, 0) is 19.2 Å². The first-order valence-corrected chi connectivity index (χ1v) is 12.9. The van der Waals surface area contributed by atoms with Crippen molar-refractivity contribution < 1.29 is 29.4 Å². The molecule has 5 atom stereocenters. The molecule has 34 heavy (non-hydrogen) atoms. The predicted octanol–water partition coefficient (Wildman–Crippen LogP) is -1.76. The van der Waals surface area contributed by atoms with E-state index in [1.807, 2.05) is 6.26 Å². The molecular weight excluding hydrogens is 464 g/mol. The first kappa shape index (κ1) is 32.1. The number of carbonyl (C=O) groups is 4. The third-order valence-corrected chi connectivity index (χ3v) is 5.82. The second-order valence-electron chi connectivity index (χ2n) is 8.14. The fourth-order valence-corrected chi connectivity index (χ4v) is 3.57. The number of unbranched alkanes of at least 4 members (excludes halogenated alkanes) is 2. The van der Waals surface area contributed by atoms with Gasteiger partial charge in [0.1, 0.15) is 18.1 Å². The van der Waals surface area contributed by atoms with E-state index in [1.165, 1.54) is 18.7 Å². The lowest BCUT2D eigenvalue weighted by molar-refractivity contribution is -0.142. The first-order valence-electron chi connectivity index (χ1n) is 11.6. The highest BCUT2D eigenvalue weighted by atomic mass is 32.2. The summed E-state index contributed by atoms with van der Waals surface area (Å²) in [5.41, 5.74) is 16.8. The molecular formula is C21H42N6O6S. The number of nitrogens with one attached hydrogen (secondary N) is 3. The standard InChI is InChI=1S/C21H42N6O6S/c1-13(28)17(27-18(29)14(24)7-3-5-10-22)20(31)25-15(8-4-6-11-23)19(30)26-16(21(32)33)9-12-34-2/h13-17,28H,3-12,22-24H2,1-2H3,(H,25,31)(H,26,30)(H,27,29)(H,32,33). The highest BCUT2D eigenvalue weighted by Gasteiger charge is 2.32. The van der Waals surface area contributed by atoms with E-state index in [0.29, 0.717) is 50.9 Å². The van der Waals surface area contributed by atoms with Gasteiger partial charge in [0.25, 0.3) is 0 Å². The smallest absolute Gasteiger partial charge is 0.326 e. The minimum absolute atomic E-state index is 0.211. The molecule has 11 N–H and O–H groups in total. The molecule has 0 aromatic carbocycles. The summed E-state index contributed by atoms with van der Waals surface area (Å²) >= 11 is 1.45. The van der Waals surface area contributed by atoms with Crippen molar-refractivity contribution in [2.24, 2.45) is 17.2 Å². The lowest BCUT2D eigenvalue weighted by Gasteiger charge is -2.26. The van der Waals surface area contributed by atoms with E-state index < -0.39 is 54.0 Å². The Morgan fingerprint density at radius 3 is 1.88 bits per heavy atom. The Hall–Kier alpha value is -1.93. The summed E-state index contributed by atoms with van der Waals surface area (Å²) in [7, 11) is 0. The molecule has 0 rings (SSSR count). The number of hydrogen-bond acceptors (Lipinski definition) is 9. The molecule has 0 saturated carbocycles. The molecule has 5 unspecified atom stereocenters. The van der Waals surface area contributed by atoms with Crippen LogP contribution in [0.25, 0.3) is 0 Å². The van der Waals surface area contributed by atoms with Gasteiger partial charge < -0.3 is 43.4 Å². The largest absolute Gasteiger partial charge is 0.480 e. The number of nitrogens with two attached hydrogens (primary N) is 3. The Morgan fingerprint density at radius 2 is 1.38 bits per heavy atom. The zero-order chi connectivity index (χ0) is 26.1. The van der Waals surface area contributed by atoms with E-state index in [1.54, 1.807) is 0 Å². The first-order chi connectivity index (χ1) is 16.1. The number of rotatable bonds is 19. The van der Waals surface area contributed by atoms with Crippen LogP contribution in [0.4, 0.5) is 0 Å². The van der Waals surface area contributed by atoms with Crippen molar-refractivity contribution in [3.8, 4) is 0 Å². The highest BCUT2D eigenvalue weighted by molar-refractivity contribution is 7.98. The summed E-state index contributed by atoms with van der Waals surface area (Å²) < 4.78 is 0. The van der Waals surface area contributed by atoms with Gasteiger partial charge in [-0.3, -0.25) is 14.4 Å². The van der Waals surface area contributed by atoms with Gasteiger partial charge in [-0.05, 0) is 70.5 Å². The van der Waals surface area contributed by atoms with E-state index in [2.05, 4.69) is 16.0 Å². The third kappa shape index (κ3) is 13.1. The van der Waals surface area contributed by atoms with Gasteiger partial charge in [-0.25, -0.2) is 4.79 Å². The summed E-state index contributed by atoms with van der Waals surface area (Å²) in [6.07, 6.45) is 3.82. The van der Waals surface area contributed by atoms with Crippen molar-refractivity contribution in [3.05, 3.63) is 0 Å². The SMILES string of the molecule is CSCCC(NC(=O)C(CCCCN)NC(=O)C(NC(=O)C(N)CCCCN)C(C)O)C(=O)O. The summed E-state index contributed by atoms with van der Waals surface area (Å²) in [5, 5.41) is 26.9. The van der Waals surface area contributed by atoms with E-state index >= 15 is 0 Å². The minimum Gasteiger partial charge on any atom is -0.480 e. The van der Waals surface area contributed by atoms with Crippen molar-refractivity contribution in [2.75, 3.05) is 25.1 Å². The molecule has 0 spiro atoms. The number of amides is 3. The van der Waals surface area contributed by atoms with Crippen molar-refractivity contribution >= 4 is 35.5 Å². The monoisotopic (exact) mass is 506 g/mol. The van der Waals surface area contributed by atoms with Crippen LogP contribution in [-0.4, -0.2) is 89.3 Å². The molecule has 0 heterocycles. The second kappa shape index (κ2) is 18.4. The van der Waals surface area contributed by atoms with E-state index in [0.717, 1.165) is 0 Å². The van der Waals surface area contributed by atoms with Crippen LogP contribution in [0.3, 0.4) is 0 Å². The number of carboxylic acids is 1. The lowest BCUT2D eigenvalue weighted by atomic mass is 10.0. The average Bonchev–Trinajstić information content (AvgIpc) is 2.78. The normalized spacial score (nSPS) is 15.5. The van der Waals surface area contributed by atoms with Gasteiger partial charge in [-0.2, -0.15) is 11.8 Å². The molecule has 0 radical (unpaired) electrons. The number of carbonyl (C=O) groups excluding carboxylic acids is 3. The Balaban J connectivity index is 5.32. The van der Waals surface area contributed by atoms with E-state index in [4.69, 9.17) is 17.2 Å². The van der Waals surface area contributed by atoms with Gasteiger partial charge in [0.15, 0.2) is 0 Å². The van der Waals surface area contributed by atoms with Gasteiger partial charge in [0.05, 0.1) is 12.1 Å². The van der Waals surface area contributed by atoms with Gasteiger partial charge in [0, 0.05) is 0 Å². The number of aliphatic hydroxyl groups excluding tert-OH is 1. The molecule has 0 aromatic heterocycles. The van der Waals surface area contributed by atoms with Crippen LogP contribution < -0.4 is 33.2 Å². The van der Waals surface area contributed by atoms with Crippen molar-refractivity contribution in [1.82, 2.24) is 16.0 Å². The fourth-order valence-electron chi connectivity index (χ4n) is 3.09. The van der Waals surface area contributed by atoms with Crippen LogP contribution in [0.1, 0.15) is 51.9 Å². The summed E-state index contributed by atoms with van der Waals surface area (Å²) in [6, 6.07) is -4.39. The molecule has 0 aliphatic rings. The zero-order valence-corrected chi connectivity index (χ0v) is 20.9. The van der Waals surface area contributed by atoms with Crippen molar-refractivity contribution in [3.63, 3.8) is 0 Å². The third-order valence-electron chi connectivity index (χ3n) is 5.17. The molecule has 12 nitrogen and oxygen atoms in total. The number of thioether (sulfide) groups is 1. The predicted molar refractivity (Wildman–Crippen MR) is 132 cm³/mol. The molecule has 0 bridgehead atoms. The molecule has 13 heteroatoms. The van der Waals surface area contributed by atoms with Crippen LogP contribution in [0.5, 0.6) is 0 Å². The van der Waals surface area contributed by atoms with Crippen LogP contribution in [0.2, 0.25) is 0 Å². The minimum atomic E-state index is -1.34. The van der Waals surface area contributed by atoms with Gasteiger partial charge in [-0.15, -0.1) is 0 Å². The maximum Gasteiger partial charge on any atom is 0.326 e. The van der Waals surface area contributed by atoms with E-state index in [-0.39, 0.29) is 12.8 Å². The average molecular weight is 507 g/mol. The van der Waals surface area contributed by atoms with Crippen molar-refractivity contribution in [1.29, 1.82) is 0 Å². The molecule has 198 valence electrons. The Labute approximate surface area is 205 Å².